The van der Waals surface area contributed by atoms with Crippen molar-refractivity contribution in [2.75, 3.05) is 27.2 Å². The highest BCUT2D eigenvalue weighted by Crippen LogP contribution is 2.22. The van der Waals surface area contributed by atoms with Crippen LogP contribution in [0.25, 0.3) is 10.9 Å². The van der Waals surface area contributed by atoms with E-state index in [1.807, 2.05) is 19.2 Å². The van der Waals surface area contributed by atoms with E-state index >= 15 is 0 Å². The van der Waals surface area contributed by atoms with Gasteiger partial charge in [0.1, 0.15) is 0 Å². The van der Waals surface area contributed by atoms with Crippen LogP contribution in [0.2, 0.25) is 5.02 Å². The van der Waals surface area contributed by atoms with Crippen LogP contribution in [0.5, 0.6) is 0 Å². The topological polar surface area (TPSA) is 31.1 Å². The zero-order valence-corrected chi connectivity index (χ0v) is 11.0. The number of nitrogens with zero attached hydrogens (tertiary/aromatic N) is 1. The monoisotopic (exact) mass is 251 g/mol. The Kier molecular flexibility index (Phi) is 4.05. The van der Waals surface area contributed by atoms with Gasteiger partial charge < -0.3 is 15.2 Å². The summed E-state index contributed by atoms with van der Waals surface area (Å²) in [5.41, 5.74) is 2.42. The number of H-pyrrole nitrogens is 1. The lowest BCUT2D eigenvalue weighted by Crippen LogP contribution is -2.26. The lowest BCUT2D eigenvalue weighted by molar-refractivity contribution is 0.329. The van der Waals surface area contributed by atoms with E-state index in [9.17, 15) is 0 Å². The van der Waals surface area contributed by atoms with Crippen molar-refractivity contribution in [1.29, 1.82) is 0 Å². The first-order chi connectivity index (χ1) is 8.20. The second-order valence-electron chi connectivity index (χ2n) is 4.35. The molecule has 0 spiro atoms. The van der Waals surface area contributed by atoms with Crippen LogP contribution in [0, 0.1) is 0 Å². The van der Waals surface area contributed by atoms with Crippen LogP contribution < -0.4 is 5.32 Å². The van der Waals surface area contributed by atoms with Gasteiger partial charge in [-0.05, 0) is 31.8 Å². The predicted molar refractivity (Wildman–Crippen MR) is 73.6 cm³/mol. The summed E-state index contributed by atoms with van der Waals surface area (Å²) in [4.78, 5) is 5.56. The summed E-state index contributed by atoms with van der Waals surface area (Å²) in [6.45, 7) is 2.99. The summed E-state index contributed by atoms with van der Waals surface area (Å²) in [5.74, 6) is 0. The molecular formula is C13H18ClN3. The number of aromatic amines is 1. The van der Waals surface area contributed by atoms with Gasteiger partial charge in [0.2, 0.25) is 0 Å². The normalized spacial score (nSPS) is 11.5. The highest BCUT2D eigenvalue weighted by molar-refractivity contribution is 6.31. The van der Waals surface area contributed by atoms with Gasteiger partial charge >= 0.3 is 0 Å². The highest BCUT2D eigenvalue weighted by Gasteiger charge is 2.06. The van der Waals surface area contributed by atoms with Crippen LogP contribution in [-0.4, -0.2) is 37.1 Å². The Morgan fingerprint density at radius 3 is 3.00 bits per heavy atom. The number of aromatic nitrogens is 1. The fraction of sp³-hybridized carbons (Fsp3) is 0.385. The number of fused-ring (bicyclic) bond motifs is 1. The van der Waals surface area contributed by atoms with E-state index in [1.165, 1.54) is 10.9 Å². The van der Waals surface area contributed by atoms with Crippen molar-refractivity contribution in [3.8, 4) is 0 Å². The SMILES string of the molecule is CNCCN(C)Cc1c[nH]c2cc(Cl)ccc12. The van der Waals surface area contributed by atoms with Crippen molar-refractivity contribution >= 4 is 22.5 Å². The Hall–Kier alpha value is -1.03. The molecule has 0 saturated carbocycles. The Bertz CT molecular complexity index is 492. The van der Waals surface area contributed by atoms with Crippen molar-refractivity contribution in [2.45, 2.75) is 6.54 Å². The van der Waals surface area contributed by atoms with E-state index in [4.69, 9.17) is 11.6 Å². The largest absolute Gasteiger partial charge is 0.361 e. The fourth-order valence-electron chi connectivity index (χ4n) is 1.96. The van der Waals surface area contributed by atoms with Crippen molar-refractivity contribution < 1.29 is 0 Å². The average Bonchev–Trinajstić information content (AvgIpc) is 2.69. The minimum absolute atomic E-state index is 0.773. The molecule has 0 unspecified atom stereocenters. The van der Waals surface area contributed by atoms with Crippen LogP contribution in [0.15, 0.2) is 24.4 Å². The number of hydrogen-bond acceptors (Lipinski definition) is 2. The number of hydrogen-bond donors (Lipinski definition) is 2. The predicted octanol–water partition coefficient (Wildman–Crippen LogP) is 2.47. The third-order valence-electron chi connectivity index (χ3n) is 2.91. The summed E-state index contributed by atoms with van der Waals surface area (Å²) in [6.07, 6.45) is 2.07. The van der Waals surface area contributed by atoms with Crippen LogP contribution in [0.4, 0.5) is 0 Å². The first-order valence-corrected chi connectivity index (χ1v) is 6.17. The molecule has 2 rings (SSSR count). The van der Waals surface area contributed by atoms with E-state index in [-0.39, 0.29) is 0 Å². The molecule has 0 saturated heterocycles. The molecule has 1 aromatic carbocycles. The van der Waals surface area contributed by atoms with Crippen LogP contribution in [-0.2, 0) is 6.54 Å². The van der Waals surface area contributed by atoms with Crippen molar-refractivity contribution in [2.24, 2.45) is 0 Å². The molecule has 0 aliphatic carbocycles. The first-order valence-electron chi connectivity index (χ1n) is 5.79. The fourth-order valence-corrected chi connectivity index (χ4v) is 2.13. The minimum atomic E-state index is 0.773. The minimum Gasteiger partial charge on any atom is -0.361 e. The molecule has 17 heavy (non-hydrogen) atoms. The second-order valence-corrected chi connectivity index (χ2v) is 4.78. The maximum absolute atomic E-state index is 5.96. The second kappa shape index (κ2) is 5.54. The van der Waals surface area contributed by atoms with Crippen LogP contribution >= 0.6 is 11.6 Å². The molecule has 0 amide bonds. The van der Waals surface area contributed by atoms with Gasteiger partial charge in [-0.1, -0.05) is 17.7 Å². The molecule has 0 bridgehead atoms. The molecule has 92 valence electrons. The molecule has 0 aliphatic heterocycles. The van der Waals surface area contributed by atoms with Gasteiger partial charge in [0, 0.05) is 41.8 Å². The maximum atomic E-state index is 5.96. The molecule has 1 heterocycles. The van der Waals surface area contributed by atoms with E-state index in [2.05, 4.69) is 34.5 Å². The Morgan fingerprint density at radius 2 is 2.24 bits per heavy atom. The first kappa shape index (κ1) is 12.4. The van der Waals surface area contributed by atoms with Gasteiger partial charge in [-0.25, -0.2) is 0 Å². The van der Waals surface area contributed by atoms with Gasteiger partial charge in [-0.15, -0.1) is 0 Å². The maximum Gasteiger partial charge on any atom is 0.0472 e. The Balaban J connectivity index is 2.13. The molecule has 2 aromatic rings. The summed E-state index contributed by atoms with van der Waals surface area (Å²) in [7, 11) is 4.10. The number of likely N-dealkylation sites (N-methyl/N-ethyl adjacent to an activating group) is 2. The highest BCUT2D eigenvalue weighted by atomic mass is 35.5. The quantitative estimate of drug-likeness (QED) is 0.856. The smallest absolute Gasteiger partial charge is 0.0472 e. The molecule has 3 nitrogen and oxygen atoms in total. The van der Waals surface area contributed by atoms with E-state index in [0.29, 0.717) is 0 Å². The number of halogens is 1. The average molecular weight is 252 g/mol. The Morgan fingerprint density at radius 1 is 1.41 bits per heavy atom. The van der Waals surface area contributed by atoms with Gasteiger partial charge in [-0.3, -0.25) is 0 Å². The Labute approximate surface area is 107 Å². The molecule has 1 aromatic heterocycles. The number of nitrogens with one attached hydrogen (secondary N) is 2. The zero-order chi connectivity index (χ0) is 12.3. The summed E-state index contributed by atoms with van der Waals surface area (Å²) >= 11 is 5.96. The van der Waals surface area contributed by atoms with Crippen LogP contribution in [0.1, 0.15) is 5.56 Å². The molecule has 2 N–H and O–H groups in total. The summed E-state index contributed by atoms with van der Waals surface area (Å²) in [6, 6.07) is 5.98. The molecule has 0 fully saturated rings. The van der Waals surface area contributed by atoms with Crippen molar-refractivity contribution in [3.63, 3.8) is 0 Å². The van der Waals surface area contributed by atoms with Gasteiger partial charge in [0.15, 0.2) is 0 Å². The standard InChI is InChI=1S/C13H18ClN3/c1-15-5-6-17(2)9-10-8-16-13-7-11(14)3-4-12(10)13/h3-4,7-8,15-16H,5-6,9H2,1-2H3. The third-order valence-corrected chi connectivity index (χ3v) is 3.15. The molecule has 4 heteroatoms. The number of benzene rings is 1. The molecule has 0 radical (unpaired) electrons. The molecule has 0 aliphatic rings. The van der Waals surface area contributed by atoms with E-state index in [0.717, 1.165) is 30.2 Å². The van der Waals surface area contributed by atoms with E-state index in [1.54, 1.807) is 0 Å². The lowest BCUT2D eigenvalue weighted by atomic mass is 10.1. The van der Waals surface area contributed by atoms with Crippen LogP contribution in [0.3, 0.4) is 0 Å². The van der Waals surface area contributed by atoms with Gasteiger partial charge in [0.25, 0.3) is 0 Å². The molecule has 0 atom stereocenters. The number of rotatable bonds is 5. The van der Waals surface area contributed by atoms with Crippen molar-refractivity contribution in [1.82, 2.24) is 15.2 Å². The third kappa shape index (κ3) is 3.00. The summed E-state index contributed by atoms with van der Waals surface area (Å²) < 4.78 is 0. The summed E-state index contributed by atoms with van der Waals surface area (Å²) in [5, 5.41) is 5.18. The molecular weight excluding hydrogens is 234 g/mol. The van der Waals surface area contributed by atoms with Gasteiger partial charge in [0.05, 0.1) is 0 Å². The van der Waals surface area contributed by atoms with Crippen molar-refractivity contribution in [3.05, 3.63) is 35.0 Å². The lowest BCUT2D eigenvalue weighted by Gasteiger charge is -2.15. The zero-order valence-electron chi connectivity index (χ0n) is 10.3. The van der Waals surface area contributed by atoms with E-state index < -0.39 is 0 Å². The van der Waals surface area contributed by atoms with Gasteiger partial charge in [-0.2, -0.15) is 0 Å².